The lowest BCUT2D eigenvalue weighted by Crippen LogP contribution is -2.06. The highest BCUT2D eigenvalue weighted by Gasteiger charge is 2.10. The van der Waals surface area contributed by atoms with Crippen molar-refractivity contribution in [2.24, 2.45) is 5.73 Å². The van der Waals surface area contributed by atoms with E-state index < -0.39 is 4.92 Å². The van der Waals surface area contributed by atoms with Gasteiger partial charge in [0.2, 0.25) is 0 Å². The van der Waals surface area contributed by atoms with Gasteiger partial charge in [0.05, 0.1) is 22.9 Å². The quantitative estimate of drug-likeness (QED) is 0.680. The second-order valence-electron chi connectivity index (χ2n) is 4.21. The Balaban J connectivity index is 2.23. The molecule has 0 spiro atoms. The smallest absolute Gasteiger partial charge is 0.274 e. The fraction of sp³-hybridized carbons (Fsp3) is 0.154. The standard InChI is InChI=1S/C13H12BrN3O3/c1-8(15)13-3-2-11(7-16-13)20-12-5-9(14)4-10(6-12)17(18)19/h2-8H,15H2,1H3/t8-/m0/s1. The molecular weight excluding hydrogens is 326 g/mol. The van der Waals surface area contributed by atoms with E-state index in [-0.39, 0.29) is 11.7 Å². The molecule has 0 fully saturated rings. The Hall–Kier alpha value is -1.99. The number of rotatable bonds is 4. The van der Waals surface area contributed by atoms with Crippen molar-refractivity contribution in [1.29, 1.82) is 0 Å². The largest absolute Gasteiger partial charge is 0.455 e. The van der Waals surface area contributed by atoms with Crippen LogP contribution in [0.5, 0.6) is 11.5 Å². The van der Waals surface area contributed by atoms with Gasteiger partial charge < -0.3 is 10.5 Å². The second kappa shape index (κ2) is 5.98. The Morgan fingerprint density at radius 3 is 2.65 bits per heavy atom. The van der Waals surface area contributed by atoms with Crippen LogP contribution < -0.4 is 10.5 Å². The van der Waals surface area contributed by atoms with E-state index in [9.17, 15) is 10.1 Å². The van der Waals surface area contributed by atoms with Crippen molar-refractivity contribution >= 4 is 21.6 Å². The maximum Gasteiger partial charge on any atom is 0.274 e. The topological polar surface area (TPSA) is 91.3 Å². The minimum Gasteiger partial charge on any atom is -0.455 e. The highest BCUT2D eigenvalue weighted by atomic mass is 79.9. The molecule has 0 amide bonds. The van der Waals surface area contributed by atoms with Crippen LogP contribution in [0, 0.1) is 10.1 Å². The molecule has 0 aliphatic heterocycles. The van der Waals surface area contributed by atoms with Crippen LogP contribution in [0.15, 0.2) is 41.0 Å². The van der Waals surface area contributed by atoms with Gasteiger partial charge in [-0.25, -0.2) is 0 Å². The Labute approximate surface area is 123 Å². The van der Waals surface area contributed by atoms with E-state index in [2.05, 4.69) is 20.9 Å². The Bertz CT molecular complexity index is 629. The number of halogens is 1. The molecule has 0 bridgehead atoms. The van der Waals surface area contributed by atoms with E-state index in [0.29, 0.717) is 16.0 Å². The predicted octanol–water partition coefficient (Wildman–Crippen LogP) is 3.56. The van der Waals surface area contributed by atoms with E-state index in [0.717, 1.165) is 5.69 Å². The van der Waals surface area contributed by atoms with Gasteiger partial charge in [-0.2, -0.15) is 0 Å². The van der Waals surface area contributed by atoms with Gasteiger partial charge in [0, 0.05) is 16.6 Å². The molecule has 20 heavy (non-hydrogen) atoms. The summed E-state index contributed by atoms with van der Waals surface area (Å²) in [6.07, 6.45) is 1.53. The zero-order valence-electron chi connectivity index (χ0n) is 10.6. The monoisotopic (exact) mass is 337 g/mol. The number of aromatic nitrogens is 1. The summed E-state index contributed by atoms with van der Waals surface area (Å²) in [5.74, 6) is 0.850. The lowest BCUT2D eigenvalue weighted by Gasteiger charge is -2.08. The molecule has 2 N–H and O–H groups in total. The summed E-state index contributed by atoms with van der Waals surface area (Å²) in [6, 6.07) is 7.72. The Kier molecular flexibility index (Phi) is 4.31. The molecule has 0 saturated carbocycles. The summed E-state index contributed by atoms with van der Waals surface area (Å²) in [5, 5.41) is 10.8. The number of nitrogens with zero attached hydrogens (tertiary/aromatic N) is 2. The molecule has 1 aromatic carbocycles. The van der Waals surface area contributed by atoms with Crippen LogP contribution >= 0.6 is 15.9 Å². The maximum absolute atomic E-state index is 10.8. The zero-order chi connectivity index (χ0) is 14.7. The van der Waals surface area contributed by atoms with Crippen LogP contribution in [0.2, 0.25) is 0 Å². The number of hydrogen-bond donors (Lipinski definition) is 1. The first-order chi connectivity index (χ1) is 9.45. The molecule has 104 valence electrons. The van der Waals surface area contributed by atoms with E-state index in [1.165, 1.54) is 18.3 Å². The van der Waals surface area contributed by atoms with Crippen molar-refractivity contribution in [3.63, 3.8) is 0 Å². The summed E-state index contributed by atoms with van der Waals surface area (Å²) >= 11 is 3.21. The minimum atomic E-state index is -0.477. The fourth-order valence-electron chi connectivity index (χ4n) is 1.57. The SMILES string of the molecule is C[C@H](N)c1ccc(Oc2cc(Br)cc([N+](=O)[O-])c2)cn1. The van der Waals surface area contributed by atoms with Gasteiger partial charge in [-0.3, -0.25) is 15.1 Å². The van der Waals surface area contributed by atoms with Crippen LogP contribution in [0.4, 0.5) is 5.69 Å². The fourth-order valence-corrected chi connectivity index (χ4v) is 2.03. The molecule has 0 saturated heterocycles. The molecule has 2 rings (SSSR count). The highest BCUT2D eigenvalue weighted by Crippen LogP contribution is 2.29. The lowest BCUT2D eigenvalue weighted by molar-refractivity contribution is -0.385. The van der Waals surface area contributed by atoms with Crippen molar-refractivity contribution < 1.29 is 9.66 Å². The van der Waals surface area contributed by atoms with E-state index >= 15 is 0 Å². The van der Waals surface area contributed by atoms with Crippen molar-refractivity contribution in [2.75, 3.05) is 0 Å². The average molecular weight is 338 g/mol. The summed E-state index contributed by atoms with van der Waals surface area (Å²) in [4.78, 5) is 14.5. The normalized spacial score (nSPS) is 11.9. The molecule has 2 aromatic rings. The third kappa shape index (κ3) is 3.52. The van der Waals surface area contributed by atoms with Crippen LogP contribution in [-0.4, -0.2) is 9.91 Å². The number of non-ortho nitro benzene ring substituents is 1. The first kappa shape index (κ1) is 14.4. The Morgan fingerprint density at radius 1 is 1.35 bits per heavy atom. The number of hydrogen-bond acceptors (Lipinski definition) is 5. The van der Waals surface area contributed by atoms with Gasteiger partial charge in [0.1, 0.15) is 11.5 Å². The molecule has 1 atom stereocenters. The summed E-state index contributed by atoms with van der Waals surface area (Å²) in [5.41, 5.74) is 6.41. The van der Waals surface area contributed by atoms with Gasteiger partial charge in [0.15, 0.2) is 0 Å². The van der Waals surface area contributed by atoms with Crippen LogP contribution in [0.3, 0.4) is 0 Å². The van der Waals surface area contributed by atoms with E-state index in [1.807, 2.05) is 6.92 Å². The number of pyridine rings is 1. The molecule has 0 aliphatic rings. The molecule has 1 aromatic heterocycles. The number of benzene rings is 1. The molecule has 0 radical (unpaired) electrons. The number of nitro groups is 1. The molecular formula is C13H12BrN3O3. The molecule has 7 heteroatoms. The lowest BCUT2D eigenvalue weighted by atomic mass is 10.2. The maximum atomic E-state index is 10.8. The molecule has 1 heterocycles. The number of nitrogens with two attached hydrogens (primary N) is 1. The number of nitro benzene ring substituents is 1. The number of ether oxygens (including phenoxy) is 1. The zero-order valence-corrected chi connectivity index (χ0v) is 12.2. The van der Waals surface area contributed by atoms with Crippen LogP contribution in [0.1, 0.15) is 18.7 Å². The van der Waals surface area contributed by atoms with Gasteiger partial charge >= 0.3 is 0 Å². The third-order valence-corrected chi connectivity index (χ3v) is 2.99. The van der Waals surface area contributed by atoms with E-state index in [4.69, 9.17) is 10.5 Å². The molecule has 0 unspecified atom stereocenters. The van der Waals surface area contributed by atoms with Gasteiger partial charge in [-0.15, -0.1) is 0 Å². The van der Waals surface area contributed by atoms with Crippen LogP contribution in [-0.2, 0) is 0 Å². The first-order valence-electron chi connectivity index (χ1n) is 5.80. The summed E-state index contributed by atoms with van der Waals surface area (Å²) < 4.78 is 6.12. The van der Waals surface area contributed by atoms with Crippen LogP contribution in [0.25, 0.3) is 0 Å². The average Bonchev–Trinajstić information content (AvgIpc) is 2.38. The summed E-state index contributed by atoms with van der Waals surface area (Å²) in [6.45, 7) is 1.83. The first-order valence-corrected chi connectivity index (χ1v) is 6.59. The highest BCUT2D eigenvalue weighted by molar-refractivity contribution is 9.10. The molecule has 0 aliphatic carbocycles. The predicted molar refractivity (Wildman–Crippen MR) is 77.7 cm³/mol. The van der Waals surface area contributed by atoms with Gasteiger partial charge in [0.25, 0.3) is 5.69 Å². The van der Waals surface area contributed by atoms with Crippen molar-refractivity contribution in [3.05, 3.63) is 56.8 Å². The van der Waals surface area contributed by atoms with Crippen molar-refractivity contribution in [1.82, 2.24) is 4.98 Å². The minimum absolute atomic E-state index is 0.0467. The van der Waals surface area contributed by atoms with E-state index in [1.54, 1.807) is 18.2 Å². The molecule has 6 nitrogen and oxygen atoms in total. The Morgan fingerprint density at radius 2 is 2.10 bits per heavy atom. The van der Waals surface area contributed by atoms with Crippen molar-refractivity contribution in [3.8, 4) is 11.5 Å². The van der Waals surface area contributed by atoms with Crippen molar-refractivity contribution in [2.45, 2.75) is 13.0 Å². The second-order valence-corrected chi connectivity index (χ2v) is 5.13. The van der Waals surface area contributed by atoms with Gasteiger partial charge in [-0.05, 0) is 25.1 Å². The third-order valence-electron chi connectivity index (χ3n) is 2.53. The van der Waals surface area contributed by atoms with Gasteiger partial charge in [-0.1, -0.05) is 15.9 Å². The summed E-state index contributed by atoms with van der Waals surface area (Å²) in [7, 11) is 0.